The highest BCUT2D eigenvalue weighted by atomic mass is 127. The molecule has 3 aromatic rings. The quantitative estimate of drug-likeness (QED) is 0.284. The molecule has 1 aliphatic rings. The van der Waals surface area contributed by atoms with Crippen molar-refractivity contribution in [3.63, 3.8) is 0 Å². The summed E-state index contributed by atoms with van der Waals surface area (Å²) in [6, 6.07) is 24.3. The molecule has 0 bridgehead atoms. The lowest BCUT2D eigenvalue weighted by atomic mass is 10.00. The lowest BCUT2D eigenvalue weighted by Gasteiger charge is -2.34. The van der Waals surface area contributed by atoms with E-state index < -0.39 is 0 Å². The molecule has 0 aliphatic carbocycles. The molecule has 0 aromatic heterocycles. The van der Waals surface area contributed by atoms with Crippen LogP contribution in [0.2, 0.25) is 0 Å². The summed E-state index contributed by atoms with van der Waals surface area (Å²) in [4.78, 5) is 2.15. The number of hydrogen-bond acceptors (Lipinski definition) is 4. The Labute approximate surface area is 185 Å². The molecule has 0 fully saturated rings. The number of fused-ring (bicyclic) bond motifs is 1. The van der Waals surface area contributed by atoms with E-state index in [9.17, 15) is 0 Å². The second kappa shape index (κ2) is 9.87. The highest BCUT2D eigenvalue weighted by Crippen LogP contribution is 2.53. The molecule has 2 nitrogen and oxygen atoms in total. The van der Waals surface area contributed by atoms with Crippen molar-refractivity contribution < 1.29 is 9.85 Å². The van der Waals surface area contributed by atoms with Gasteiger partial charge in [0.05, 0.1) is 10.1 Å². The summed E-state index contributed by atoms with van der Waals surface area (Å²) in [5, 5.41) is 4.71. The van der Waals surface area contributed by atoms with Crippen molar-refractivity contribution in [2.45, 2.75) is 23.2 Å². The van der Waals surface area contributed by atoms with E-state index in [0.717, 1.165) is 16.3 Å². The zero-order valence-electron chi connectivity index (χ0n) is 15.5. The number of phenols is 1. The first kappa shape index (κ1) is 19.2. The lowest BCUT2D eigenvalue weighted by Crippen LogP contribution is -2.19. The molecule has 27 heavy (non-hydrogen) atoms. The Morgan fingerprint density at radius 3 is 2.44 bits per heavy atom. The van der Waals surface area contributed by atoms with Gasteiger partial charge in [0, 0.05) is 5.00 Å². The van der Waals surface area contributed by atoms with Crippen LogP contribution in [0.25, 0.3) is 0 Å². The van der Waals surface area contributed by atoms with Crippen LogP contribution in [0.4, 0.5) is 0 Å². The van der Waals surface area contributed by atoms with Crippen molar-refractivity contribution in [1.82, 2.24) is 0 Å². The van der Waals surface area contributed by atoms with E-state index in [2.05, 4.69) is 82.3 Å². The molecular formula is C21H18IO2PS2. The third kappa shape index (κ3) is 5.23. The second-order valence-electron chi connectivity index (χ2n) is 6.08. The maximum Gasteiger partial charge on any atom is 0.293 e. The fourth-order valence-corrected chi connectivity index (χ4v) is 4.38. The van der Waals surface area contributed by atoms with Gasteiger partial charge in [0.25, 0.3) is 1.43 Å². The Bertz CT molecular complexity index is 925. The molecule has 0 spiro atoms. The molecule has 4 rings (SSSR count). The van der Waals surface area contributed by atoms with E-state index >= 15 is 0 Å². The molecule has 6 heteroatoms. The molecule has 0 amide bonds. The molecule has 1 heterocycles. The van der Waals surface area contributed by atoms with Gasteiger partial charge in [0.15, 0.2) is 0 Å². The predicted octanol–water partition coefficient (Wildman–Crippen LogP) is 7.41. The van der Waals surface area contributed by atoms with Gasteiger partial charge in [0.2, 0.25) is 0 Å². The summed E-state index contributed by atoms with van der Waals surface area (Å²) in [5.41, 5.74) is 3.55. The van der Waals surface area contributed by atoms with Crippen LogP contribution in [0.1, 0.15) is 28.0 Å². The molecule has 0 saturated heterocycles. The minimum absolute atomic E-state index is 0.0950. The molecule has 2 atom stereocenters. The predicted molar refractivity (Wildman–Crippen MR) is 126 cm³/mol. The normalized spacial score (nSPS) is 18.4. The Kier molecular flexibility index (Phi) is 7.02. The van der Waals surface area contributed by atoms with Crippen molar-refractivity contribution >= 4 is 50.6 Å². The summed E-state index contributed by atoms with van der Waals surface area (Å²) in [5.74, 6) is 1.45. The smallest absolute Gasteiger partial charge is 0.293 e. The van der Waals surface area contributed by atoms with Crippen LogP contribution >= 0.6 is 38.8 Å². The molecule has 3 aromatic carbocycles. The molecule has 0 unspecified atom stereocenters. The largest absolute Gasteiger partial charge is 0.508 e. The van der Waals surface area contributed by atoms with Gasteiger partial charge in [-0.15, -0.1) is 11.8 Å². The molecule has 0 saturated carbocycles. The van der Waals surface area contributed by atoms with Crippen LogP contribution in [-0.2, 0) is 11.8 Å². The van der Waals surface area contributed by atoms with Crippen LogP contribution in [-0.4, -0.2) is 6.54 Å². The van der Waals surface area contributed by atoms with Gasteiger partial charge in [-0.25, -0.2) is 0 Å². The molecule has 1 aliphatic heterocycles. The van der Waals surface area contributed by atoms with E-state index in [4.69, 9.17) is 6.17 Å². The van der Waals surface area contributed by atoms with Crippen LogP contribution in [0, 0.1) is 6.92 Å². The number of rotatable bonds is 3. The Hall–Kier alpha value is -1.14. The Morgan fingerprint density at radius 1 is 1.07 bits per heavy atom. The number of aryl methyl sites for hydroxylation is 1. The second-order valence-corrected chi connectivity index (χ2v) is 11.4. The highest BCUT2D eigenvalue weighted by Gasteiger charge is 2.33. The van der Waals surface area contributed by atoms with Gasteiger partial charge in [-0.2, -0.15) is 0 Å². The molecule has 138 valence electrons. The van der Waals surface area contributed by atoms with Crippen molar-refractivity contribution in [2.24, 2.45) is 0 Å². The van der Waals surface area contributed by atoms with Crippen LogP contribution in [0.15, 0.2) is 77.7 Å². The van der Waals surface area contributed by atoms with Crippen molar-refractivity contribution in [2.75, 3.05) is 0 Å². The fourth-order valence-electron chi connectivity index (χ4n) is 2.99. The van der Waals surface area contributed by atoms with Gasteiger partial charge in [0.1, 0.15) is 17.6 Å². The Balaban J connectivity index is 0.000000706. The van der Waals surface area contributed by atoms with Crippen molar-refractivity contribution in [3.05, 3.63) is 89.5 Å². The van der Waals surface area contributed by atoms with Crippen LogP contribution < -0.4 is 4.74 Å². The summed E-state index contributed by atoms with van der Waals surface area (Å²) >= 11 is 8.27. The highest BCUT2D eigenvalue weighted by molar-refractivity contribution is 14.2. The lowest BCUT2D eigenvalue weighted by molar-refractivity contribution is 0.191. The molecule has 0 radical (unpaired) electrons. The van der Waals surface area contributed by atoms with Gasteiger partial charge >= 0.3 is 0 Å². The fraction of sp³-hybridized carbons (Fsp3) is 0.143. The summed E-state index contributed by atoms with van der Waals surface area (Å²) in [6.07, 6.45) is -0.0950. The Morgan fingerprint density at radius 2 is 1.78 bits per heavy atom. The van der Waals surface area contributed by atoms with E-state index in [0.29, 0.717) is 5.75 Å². The molecule has 1 N–H and O–H groups in total. The van der Waals surface area contributed by atoms with Gasteiger partial charge in [-0.1, -0.05) is 48.5 Å². The number of aromatic hydroxyl groups is 1. The van der Waals surface area contributed by atoms with E-state index in [-0.39, 0.29) is 11.4 Å². The van der Waals surface area contributed by atoms with E-state index in [1.807, 2.05) is 48.2 Å². The van der Waals surface area contributed by atoms with E-state index in [1.54, 1.807) is 0 Å². The zero-order valence-corrected chi connectivity index (χ0v) is 19.2. The third-order valence-corrected chi connectivity index (χ3v) is 5.57. The number of ether oxygens (including phenoxy) is 1. The minimum atomic E-state index is -0.0950. The van der Waals surface area contributed by atoms with Crippen LogP contribution in [0.3, 0.4) is 0 Å². The standard InChI is InChI=1S/C21H18O2S.IPS/c1-14-7-12-18-19(13-14)24-21(16-5-3-2-4-6-16)20(23-18)15-8-10-17(22)11-9-15;1-2-3/h2-13,20-22H,1H3;/t20-,21+;/m1./s1/i/hT. The maximum absolute atomic E-state index is 7.01. The van der Waals surface area contributed by atoms with Crippen molar-refractivity contribution in [3.8, 4) is 11.5 Å². The first-order chi connectivity index (χ1) is 13.7. The number of hydrogen-bond donors (Lipinski definition) is 1. The summed E-state index contributed by atoms with van der Waals surface area (Å²) < 4.78 is 13.4. The summed E-state index contributed by atoms with van der Waals surface area (Å²) in [7, 11) is 0. The maximum atomic E-state index is 7.01. The average Bonchev–Trinajstić information content (AvgIpc) is 2.74. The monoisotopic (exact) mass is 526 g/mol. The number of halogens is 1. The van der Waals surface area contributed by atoms with Crippen LogP contribution in [0.5, 0.6) is 11.5 Å². The average molecular weight is 526 g/mol. The zero-order chi connectivity index (χ0) is 19.9. The SMILES string of the molecule is S=PI.[3H]Oc1ccc([C@H]2Oc3ccc(C)cc3S[C@H]2c2ccccc2)cc1. The van der Waals surface area contributed by atoms with Gasteiger partial charge < -0.3 is 9.85 Å². The summed E-state index contributed by atoms with van der Waals surface area (Å²) in [6.45, 7) is 2.10. The van der Waals surface area contributed by atoms with E-state index in [1.165, 1.54) is 16.0 Å². The number of benzene rings is 3. The number of phenolic OH excluding ortho intramolecular Hbond substituents is 1. The van der Waals surface area contributed by atoms with Crippen molar-refractivity contribution in [1.29, 1.82) is 1.43 Å². The minimum Gasteiger partial charge on any atom is -0.508 e. The number of thioether (sulfide) groups is 1. The van der Waals surface area contributed by atoms with Gasteiger partial charge in [-0.3, -0.25) is 0 Å². The first-order valence-electron chi connectivity index (χ1n) is 8.72. The topological polar surface area (TPSA) is 29.5 Å². The van der Waals surface area contributed by atoms with Gasteiger partial charge in [-0.05, 0) is 81.7 Å². The molecular weight excluding hydrogens is 506 g/mol. The third-order valence-electron chi connectivity index (χ3n) is 4.22. The first-order valence-corrected chi connectivity index (χ1v) is 13.9.